The Morgan fingerprint density at radius 3 is 2.64 bits per heavy atom. The molecular formula is C17H15F2NO2. The third-order valence-electron chi connectivity index (χ3n) is 3.94. The lowest BCUT2D eigenvalue weighted by atomic mass is 9.90. The van der Waals surface area contributed by atoms with Crippen molar-refractivity contribution in [2.75, 3.05) is 13.7 Å². The number of hydrogen-bond donors (Lipinski definition) is 0. The fourth-order valence-corrected chi connectivity index (χ4v) is 2.84. The molecule has 3 nitrogen and oxygen atoms in total. The number of nitrogens with zero attached hydrogens (tertiary/aromatic N) is 1. The van der Waals surface area contributed by atoms with Crippen LogP contribution in [-0.2, 0) is 17.7 Å². The molecular weight excluding hydrogens is 288 g/mol. The van der Waals surface area contributed by atoms with Crippen molar-refractivity contribution in [3.63, 3.8) is 0 Å². The van der Waals surface area contributed by atoms with E-state index in [0.29, 0.717) is 18.5 Å². The largest absolute Gasteiger partial charge is 0.453 e. The number of halogens is 2. The first-order valence-corrected chi connectivity index (χ1v) is 7.00. The molecule has 0 bridgehead atoms. The molecule has 2 aromatic carbocycles. The highest BCUT2D eigenvalue weighted by molar-refractivity contribution is 5.73. The first-order chi connectivity index (χ1) is 10.6. The fraction of sp³-hybridized carbons (Fsp3) is 0.235. The Morgan fingerprint density at radius 1 is 1.14 bits per heavy atom. The second-order valence-corrected chi connectivity index (χ2v) is 5.18. The normalized spacial score (nSPS) is 13.7. The fourth-order valence-electron chi connectivity index (χ4n) is 2.84. The molecule has 0 saturated carbocycles. The summed E-state index contributed by atoms with van der Waals surface area (Å²) >= 11 is 0. The summed E-state index contributed by atoms with van der Waals surface area (Å²) in [5, 5.41) is 0. The van der Waals surface area contributed by atoms with Crippen molar-refractivity contribution in [1.29, 1.82) is 0 Å². The van der Waals surface area contributed by atoms with Gasteiger partial charge in [-0.2, -0.15) is 0 Å². The minimum Gasteiger partial charge on any atom is -0.453 e. The summed E-state index contributed by atoms with van der Waals surface area (Å²) in [5.41, 5.74) is 2.01. The van der Waals surface area contributed by atoms with Gasteiger partial charge in [-0.3, -0.25) is 0 Å². The molecule has 0 aromatic heterocycles. The molecule has 0 fully saturated rings. The van der Waals surface area contributed by atoms with E-state index >= 15 is 0 Å². The molecule has 1 aliphatic heterocycles. The van der Waals surface area contributed by atoms with Crippen LogP contribution in [0.2, 0.25) is 0 Å². The standard InChI is InChI=1S/C17H15F2NO2/c1-22-17(21)20-9-8-11-6-7-15(19)16(13(11)10-20)12-4-2-3-5-14(12)18/h2-7H,8-10H2,1H3. The van der Waals surface area contributed by atoms with Crippen molar-refractivity contribution in [2.45, 2.75) is 13.0 Å². The van der Waals surface area contributed by atoms with Crippen molar-refractivity contribution in [2.24, 2.45) is 0 Å². The zero-order valence-corrected chi connectivity index (χ0v) is 12.1. The molecule has 0 spiro atoms. The summed E-state index contributed by atoms with van der Waals surface area (Å²) in [6.07, 6.45) is 0.126. The number of rotatable bonds is 1. The smallest absolute Gasteiger partial charge is 0.409 e. The maximum absolute atomic E-state index is 14.4. The summed E-state index contributed by atoms with van der Waals surface area (Å²) < 4.78 is 33.2. The number of fused-ring (bicyclic) bond motifs is 1. The van der Waals surface area contributed by atoms with Gasteiger partial charge >= 0.3 is 6.09 Å². The van der Waals surface area contributed by atoms with Crippen LogP contribution < -0.4 is 0 Å². The quantitative estimate of drug-likeness (QED) is 0.803. The molecule has 1 amide bonds. The van der Waals surface area contributed by atoms with Gasteiger partial charge in [0, 0.05) is 24.2 Å². The maximum atomic E-state index is 14.4. The van der Waals surface area contributed by atoms with Crippen molar-refractivity contribution >= 4 is 6.09 Å². The summed E-state index contributed by atoms with van der Waals surface area (Å²) in [6, 6.07) is 9.13. The number of ether oxygens (including phenoxy) is 1. The molecule has 3 rings (SSSR count). The Labute approximate surface area is 127 Å². The zero-order valence-electron chi connectivity index (χ0n) is 12.1. The number of methoxy groups -OCH3 is 1. The van der Waals surface area contributed by atoms with Crippen LogP contribution in [0.4, 0.5) is 13.6 Å². The molecule has 2 aromatic rings. The van der Waals surface area contributed by atoms with Crippen LogP contribution in [0.25, 0.3) is 11.1 Å². The monoisotopic (exact) mass is 303 g/mol. The van der Waals surface area contributed by atoms with Crippen LogP contribution in [0.15, 0.2) is 36.4 Å². The van der Waals surface area contributed by atoms with E-state index in [9.17, 15) is 13.6 Å². The first kappa shape index (κ1) is 14.5. The van der Waals surface area contributed by atoms with Gasteiger partial charge in [0.2, 0.25) is 0 Å². The SMILES string of the molecule is COC(=O)N1CCc2ccc(F)c(-c3ccccc3F)c2C1. The molecule has 0 N–H and O–H groups in total. The van der Waals surface area contributed by atoms with Crippen molar-refractivity contribution in [3.8, 4) is 11.1 Å². The lowest BCUT2D eigenvalue weighted by Gasteiger charge is -2.29. The molecule has 5 heteroatoms. The summed E-state index contributed by atoms with van der Waals surface area (Å²) in [5.74, 6) is -0.972. The number of carbonyl (C=O) groups is 1. The van der Waals surface area contributed by atoms with Crippen LogP contribution in [0, 0.1) is 11.6 Å². The van der Waals surface area contributed by atoms with Crippen molar-refractivity contribution in [1.82, 2.24) is 4.90 Å². The first-order valence-electron chi connectivity index (χ1n) is 7.00. The Hall–Kier alpha value is -2.43. The minimum absolute atomic E-state index is 0.212. The molecule has 1 heterocycles. The topological polar surface area (TPSA) is 29.5 Å². The van der Waals surface area contributed by atoms with E-state index < -0.39 is 17.7 Å². The predicted molar refractivity (Wildman–Crippen MR) is 78.3 cm³/mol. The molecule has 114 valence electrons. The Bertz CT molecular complexity index is 731. The molecule has 22 heavy (non-hydrogen) atoms. The minimum atomic E-state index is -0.490. The summed E-state index contributed by atoms with van der Waals surface area (Å²) in [7, 11) is 1.31. The summed E-state index contributed by atoms with van der Waals surface area (Å²) in [4.78, 5) is 13.2. The Morgan fingerprint density at radius 2 is 1.91 bits per heavy atom. The van der Waals surface area contributed by atoms with Crippen LogP contribution in [-0.4, -0.2) is 24.6 Å². The van der Waals surface area contributed by atoms with Gasteiger partial charge in [0.05, 0.1) is 7.11 Å². The van der Waals surface area contributed by atoms with E-state index in [4.69, 9.17) is 4.74 Å². The lowest BCUT2D eigenvalue weighted by Crippen LogP contribution is -2.36. The average molecular weight is 303 g/mol. The second-order valence-electron chi connectivity index (χ2n) is 5.18. The average Bonchev–Trinajstić information content (AvgIpc) is 2.54. The number of carbonyl (C=O) groups excluding carboxylic acids is 1. The van der Waals surface area contributed by atoms with E-state index in [1.165, 1.54) is 24.1 Å². The molecule has 0 atom stereocenters. The van der Waals surface area contributed by atoms with Gasteiger partial charge in [-0.05, 0) is 29.7 Å². The second kappa shape index (κ2) is 5.75. The number of hydrogen-bond acceptors (Lipinski definition) is 2. The zero-order chi connectivity index (χ0) is 15.7. The van der Waals surface area contributed by atoms with Crippen LogP contribution >= 0.6 is 0 Å². The Balaban J connectivity index is 2.13. The van der Waals surface area contributed by atoms with Crippen molar-refractivity contribution in [3.05, 3.63) is 59.2 Å². The van der Waals surface area contributed by atoms with E-state index in [-0.39, 0.29) is 17.7 Å². The molecule has 0 saturated heterocycles. The predicted octanol–water partition coefficient (Wildman–Crippen LogP) is 3.76. The van der Waals surface area contributed by atoms with E-state index in [0.717, 1.165) is 5.56 Å². The molecule has 0 aliphatic carbocycles. The lowest BCUT2D eigenvalue weighted by molar-refractivity contribution is 0.118. The highest BCUT2D eigenvalue weighted by Gasteiger charge is 2.26. The number of benzene rings is 2. The van der Waals surface area contributed by atoms with Crippen LogP contribution in [0.1, 0.15) is 11.1 Å². The van der Waals surface area contributed by atoms with Gasteiger partial charge in [-0.15, -0.1) is 0 Å². The van der Waals surface area contributed by atoms with Gasteiger partial charge in [0.1, 0.15) is 11.6 Å². The van der Waals surface area contributed by atoms with Gasteiger partial charge in [-0.25, -0.2) is 13.6 Å². The molecule has 0 unspecified atom stereocenters. The molecule has 0 radical (unpaired) electrons. The summed E-state index contributed by atoms with van der Waals surface area (Å²) in [6.45, 7) is 0.714. The van der Waals surface area contributed by atoms with Crippen LogP contribution in [0.3, 0.4) is 0 Å². The third-order valence-corrected chi connectivity index (χ3v) is 3.94. The van der Waals surface area contributed by atoms with Gasteiger partial charge in [0.15, 0.2) is 0 Å². The van der Waals surface area contributed by atoms with Gasteiger partial charge in [0.25, 0.3) is 0 Å². The highest BCUT2D eigenvalue weighted by atomic mass is 19.1. The van der Waals surface area contributed by atoms with Crippen molar-refractivity contribution < 1.29 is 18.3 Å². The third kappa shape index (κ3) is 2.43. The van der Waals surface area contributed by atoms with E-state index in [1.54, 1.807) is 24.3 Å². The van der Waals surface area contributed by atoms with Crippen LogP contribution in [0.5, 0.6) is 0 Å². The van der Waals surface area contributed by atoms with E-state index in [1.807, 2.05) is 0 Å². The van der Waals surface area contributed by atoms with E-state index in [2.05, 4.69) is 0 Å². The maximum Gasteiger partial charge on any atom is 0.409 e. The number of amides is 1. The highest BCUT2D eigenvalue weighted by Crippen LogP contribution is 2.34. The van der Waals surface area contributed by atoms with Gasteiger partial charge < -0.3 is 9.64 Å². The molecule has 1 aliphatic rings. The Kier molecular flexibility index (Phi) is 3.79. The van der Waals surface area contributed by atoms with Gasteiger partial charge in [-0.1, -0.05) is 24.3 Å².